The predicted molar refractivity (Wildman–Crippen MR) is 141 cm³/mol. The van der Waals surface area contributed by atoms with Crippen LogP contribution in [0.1, 0.15) is 5.56 Å². The summed E-state index contributed by atoms with van der Waals surface area (Å²) in [7, 11) is 0. The van der Waals surface area contributed by atoms with Crippen molar-refractivity contribution < 1.29 is 0 Å². The molecule has 1 N–H and O–H groups in total. The van der Waals surface area contributed by atoms with Crippen LogP contribution >= 0.6 is 0 Å². The van der Waals surface area contributed by atoms with Crippen molar-refractivity contribution in [2.45, 2.75) is 6.92 Å². The van der Waals surface area contributed by atoms with Gasteiger partial charge in [0.15, 0.2) is 0 Å². The quantitative estimate of drug-likeness (QED) is 0.300. The number of nitrogens with one attached hydrogen (secondary N) is 1. The van der Waals surface area contributed by atoms with Gasteiger partial charge < -0.3 is 9.88 Å². The van der Waals surface area contributed by atoms with E-state index in [9.17, 15) is 0 Å². The maximum Gasteiger partial charge on any atom is 0.0541 e. The molecule has 0 fully saturated rings. The molecule has 0 radical (unpaired) electrons. The van der Waals surface area contributed by atoms with Crippen molar-refractivity contribution in [1.29, 1.82) is 0 Å². The molecular weight excluding hydrogens is 400 g/mol. The number of hydrogen-bond donors (Lipinski definition) is 1. The van der Waals surface area contributed by atoms with E-state index in [1.165, 1.54) is 44.2 Å². The van der Waals surface area contributed by atoms with E-state index in [0.717, 1.165) is 11.4 Å². The van der Waals surface area contributed by atoms with E-state index >= 15 is 0 Å². The van der Waals surface area contributed by atoms with E-state index in [4.69, 9.17) is 0 Å². The van der Waals surface area contributed by atoms with Gasteiger partial charge in [0, 0.05) is 27.8 Å². The topological polar surface area (TPSA) is 17.0 Å². The first-order valence-corrected chi connectivity index (χ1v) is 11.3. The molecule has 0 spiro atoms. The van der Waals surface area contributed by atoms with Gasteiger partial charge in [0.1, 0.15) is 0 Å². The smallest absolute Gasteiger partial charge is 0.0541 e. The number of aryl methyl sites for hydroxylation is 1. The van der Waals surface area contributed by atoms with E-state index in [2.05, 4.69) is 138 Å². The highest BCUT2D eigenvalue weighted by Gasteiger charge is 2.11. The molecule has 2 nitrogen and oxygen atoms in total. The summed E-state index contributed by atoms with van der Waals surface area (Å²) in [6, 6.07) is 43.2. The molecule has 0 unspecified atom stereocenters. The minimum atomic E-state index is 1.09. The van der Waals surface area contributed by atoms with Gasteiger partial charge in [0.05, 0.1) is 11.0 Å². The van der Waals surface area contributed by atoms with Crippen molar-refractivity contribution in [1.82, 2.24) is 4.57 Å². The fourth-order valence-electron chi connectivity index (χ4n) is 4.55. The third-order valence-corrected chi connectivity index (χ3v) is 6.26. The summed E-state index contributed by atoms with van der Waals surface area (Å²) in [5.74, 6) is 0. The minimum absolute atomic E-state index is 1.09. The molecule has 0 bridgehead atoms. The van der Waals surface area contributed by atoms with Gasteiger partial charge >= 0.3 is 0 Å². The van der Waals surface area contributed by atoms with E-state index in [-0.39, 0.29) is 0 Å². The summed E-state index contributed by atoms with van der Waals surface area (Å²) in [6.07, 6.45) is 0. The molecular formula is C31H24N2. The molecule has 6 aromatic rings. The zero-order valence-corrected chi connectivity index (χ0v) is 18.5. The number of hydrogen-bond acceptors (Lipinski definition) is 1. The molecule has 6 rings (SSSR count). The second kappa shape index (κ2) is 7.99. The van der Waals surface area contributed by atoms with E-state index in [1.54, 1.807) is 0 Å². The van der Waals surface area contributed by atoms with Gasteiger partial charge in [-0.05, 0) is 66.6 Å². The van der Waals surface area contributed by atoms with Crippen LogP contribution in [0.4, 0.5) is 11.4 Å². The second-order valence-electron chi connectivity index (χ2n) is 8.48. The molecule has 158 valence electrons. The van der Waals surface area contributed by atoms with Crippen molar-refractivity contribution >= 4 is 33.2 Å². The number of fused-ring (bicyclic) bond motifs is 3. The molecule has 0 aliphatic heterocycles. The standard InChI is InChI=1S/C31H24N2/c1-22-10-16-25(17-11-22)32-26-18-12-23(13-19-26)24-14-20-27(21-15-24)33-30-8-4-2-6-28(30)29-7-3-5-9-31(29)33/h2-21,32H,1H3. The van der Waals surface area contributed by atoms with Gasteiger partial charge in [0.2, 0.25) is 0 Å². The SMILES string of the molecule is Cc1ccc(Nc2ccc(-c3ccc(-n4c5ccccc5c5ccccc54)cc3)cc2)cc1. The summed E-state index contributed by atoms with van der Waals surface area (Å²) in [6.45, 7) is 2.10. The number of aromatic nitrogens is 1. The second-order valence-corrected chi connectivity index (χ2v) is 8.48. The Morgan fingerprint density at radius 2 is 0.939 bits per heavy atom. The van der Waals surface area contributed by atoms with Crippen LogP contribution in [0, 0.1) is 6.92 Å². The van der Waals surface area contributed by atoms with Crippen LogP contribution in [0.5, 0.6) is 0 Å². The third kappa shape index (κ3) is 3.56. The zero-order valence-electron chi connectivity index (χ0n) is 18.5. The van der Waals surface area contributed by atoms with Crippen molar-refractivity contribution in [2.75, 3.05) is 5.32 Å². The van der Waals surface area contributed by atoms with E-state index in [0.29, 0.717) is 0 Å². The summed E-state index contributed by atoms with van der Waals surface area (Å²) in [4.78, 5) is 0. The molecule has 33 heavy (non-hydrogen) atoms. The molecule has 1 aromatic heterocycles. The number of benzene rings is 5. The van der Waals surface area contributed by atoms with Crippen LogP contribution in [-0.2, 0) is 0 Å². The van der Waals surface area contributed by atoms with Gasteiger partial charge in [-0.25, -0.2) is 0 Å². The summed E-state index contributed by atoms with van der Waals surface area (Å²) >= 11 is 0. The average molecular weight is 425 g/mol. The first-order chi connectivity index (χ1) is 16.3. The first kappa shape index (κ1) is 19.4. The summed E-state index contributed by atoms with van der Waals surface area (Å²) in [5, 5.41) is 6.04. The van der Waals surface area contributed by atoms with Crippen LogP contribution in [-0.4, -0.2) is 4.57 Å². The van der Waals surface area contributed by atoms with Gasteiger partial charge in [-0.15, -0.1) is 0 Å². The lowest BCUT2D eigenvalue weighted by atomic mass is 10.0. The number of nitrogens with zero attached hydrogens (tertiary/aromatic N) is 1. The molecule has 1 heterocycles. The molecule has 0 saturated heterocycles. The van der Waals surface area contributed by atoms with E-state index < -0.39 is 0 Å². The largest absolute Gasteiger partial charge is 0.356 e. The Hall–Kier alpha value is -4.30. The Morgan fingerprint density at radius 1 is 0.485 bits per heavy atom. The lowest BCUT2D eigenvalue weighted by molar-refractivity contribution is 1.18. The summed E-state index contributed by atoms with van der Waals surface area (Å²) in [5.41, 5.74) is 9.51. The Balaban J connectivity index is 1.31. The Labute approximate surface area is 193 Å². The number of rotatable bonds is 4. The van der Waals surface area contributed by atoms with Crippen LogP contribution in [0.25, 0.3) is 38.6 Å². The van der Waals surface area contributed by atoms with Crippen LogP contribution in [0.2, 0.25) is 0 Å². The van der Waals surface area contributed by atoms with Crippen molar-refractivity contribution in [3.63, 3.8) is 0 Å². The normalized spacial score (nSPS) is 11.2. The highest BCUT2D eigenvalue weighted by Crippen LogP contribution is 2.32. The molecule has 0 aliphatic rings. The molecule has 0 saturated carbocycles. The van der Waals surface area contributed by atoms with Crippen molar-refractivity contribution in [3.8, 4) is 16.8 Å². The first-order valence-electron chi connectivity index (χ1n) is 11.3. The highest BCUT2D eigenvalue weighted by molar-refractivity contribution is 6.09. The zero-order chi connectivity index (χ0) is 22.2. The Morgan fingerprint density at radius 3 is 1.48 bits per heavy atom. The van der Waals surface area contributed by atoms with Crippen LogP contribution in [0.15, 0.2) is 121 Å². The van der Waals surface area contributed by atoms with Crippen molar-refractivity contribution in [2.24, 2.45) is 0 Å². The summed E-state index contributed by atoms with van der Waals surface area (Å²) < 4.78 is 2.35. The molecule has 5 aromatic carbocycles. The average Bonchev–Trinajstić information content (AvgIpc) is 3.21. The van der Waals surface area contributed by atoms with Crippen LogP contribution < -0.4 is 5.32 Å². The predicted octanol–water partition coefficient (Wildman–Crippen LogP) is 8.50. The lowest BCUT2D eigenvalue weighted by Crippen LogP contribution is -1.93. The number of anilines is 2. The van der Waals surface area contributed by atoms with Crippen LogP contribution in [0.3, 0.4) is 0 Å². The lowest BCUT2D eigenvalue weighted by Gasteiger charge is -2.10. The molecule has 0 amide bonds. The minimum Gasteiger partial charge on any atom is -0.356 e. The molecule has 0 atom stereocenters. The Kier molecular flexibility index (Phi) is 4.70. The van der Waals surface area contributed by atoms with Crippen molar-refractivity contribution in [3.05, 3.63) is 127 Å². The Bertz CT molecular complexity index is 1500. The molecule has 2 heteroatoms. The highest BCUT2D eigenvalue weighted by atomic mass is 15.0. The fraction of sp³-hybridized carbons (Fsp3) is 0.0323. The monoisotopic (exact) mass is 424 g/mol. The van der Waals surface area contributed by atoms with Gasteiger partial charge in [-0.2, -0.15) is 0 Å². The maximum absolute atomic E-state index is 3.47. The van der Waals surface area contributed by atoms with Gasteiger partial charge in [0.25, 0.3) is 0 Å². The van der Waals surface area contributed by atoms with Gasteiger partial charge in [-0.1, -0.05) is 78.4 Å². The number of para-hydroxylation sites is 2. The third-order valence-electron chi connectivity index (χ3n) is 6.26. The van der Waals surface area contributed by atoms with E-state index in [1.807, 2.05) is 0 Å². The molecule has 0 aliphatic carbocycles. The van der Waals surface area contributed by atoms with Gasteiger partial charge in [-0.3, -0.25) is 0 Å². The fourth-order valence-corrected chi connectivity index (χ4v) is 4.55. The maximum atomic E-state index is 3.47.